The fraction of sp³-hybridized carbons (Fsp3) is 0.222. The molecular formula is C9H9N3O2. The molecule has 72 valence electrons. The predicted octanol–water partition coefficient (Wildman–Crippen LogP) is 1.41. The van der Waals surface area contributed by atoms with Gasteiger partial charge in [-0.2, -0.15) is 0 Å². The van der Waals surface area contributed by atoms with E-state index in [1.165, 1.54) is 0 Å². The van der Waals surface area contributed by atoms with Gasteiger partial charge in [0, 0.05) is 0 Å². The lowest BCUT2D eigenvalue weighted by molar-refractivity contribution is -0.116. The molecule has 0 saturated heterocycles. The van der Waals surface area contributed by atoms with Crippen LogP contribution in [0.5, 0.6) is 5.75 Å². The highest BCUT2D eigenvalue weighted by atomic mass is 16.5. The first-order chi connectivity index (χ1) is 6.79. The summed E-state index contributed by atoms with van der Waals surface area (Å²) >= 11 is 0. The molecule has 5 nitrogen and oxygen atoms in total. The SMILES string of the molecule is COc1ccc(N2CC(=O)N=N2)cc1. The summed E-state index contributed by atoms with van der Waals surface area (Å²) in [4.78, 5) is 10.8. The molecule has 0 atom stereocenters. The van der Waals surface area contributed by atoms with Gasteiger partial charge in [-0.25, -0.2) is 5.01 Å². The molecule has 1 aromatic rings. The van der Waals surface area contributed by atoms with Crippen LogP contribution in [-0.4, -0.2) is 19.6 Å². The van der Waals surface area contributed by atoms with E-state index in [2.05, 4.69) is 10.3 Å². The number of ether oxygens (including phenoxy) is 1. The Labute approximate surface area is 81.0 Å². The Hall–Kier alpha value is -1.91. The van der Waals surface area contributed by atoms with E-state index in [1.54, 1.807) is 12.1 Å². The van der Waals surface area contributed by atoms with Gasteiger partial charge in [0.2, 0.25) is 0 Å². The number of anilines is 1. The van der Waals surface area contributed by atoms with E-state index in [9.17, 15) is 4.79 Å². The Balaban J connectivity index is 2.17. The summed E-state index contributed by atoms with van der Waals surface area (Å²) in [6, 6.07) is 7.29. The molecule has 0 fully saturated rings. The first-order valence-corrected chi connectivity index (χ1v) is 4.15. The van der Waals surface area contributed by atoms with Crippen LogP contribution >= 0.6 is 0 Å². The molecule has 0 saturated carbocycles. The topological polar surface area (TPSA) is 54.3 Å². The van der Waals surface area contributed by atoms with E-state index in [0.29, 0.717) is 0 Å². The number of rotatable bonds is 2. The quantitative estimate of drug-likeness (QED) is 0.710. The molecule has 0 N–H and O–H groups in total. The minimum Gasteiger partial charge on any atom is -0.497 e. The van der Waals surface area contributed by atoms with Gasteiger partial charge in [0.1, 0.15) is 12.3 Å². The third-order valence-corrected chi connectivity index (χ3v) is 1.92. The Bertz CT molecular complexity index is 372. The molecule has 1 aromatic carbocycles. The summed E-state index contributed by atoms with van der Waals surface area (Å²) in [5.74, 6) is 0.553. The van der Waals surface area contributed by atoms with E-state index < -0.39 is 0 Å². The number of hydrogen-bond donors (Lipinski definition) is 0. The standard InChI is InChI=1S/C9H9N3O2/c1-14-8-4-2-7(3-5-8)12-6-9(13)10-11-12/h2-5H,6H2,1H3. The Morgan fingerprint density at radius 3 is 2.57 bits per heavy atom. The summed E-state index contributed by atoms with van der Waals surface area (Å²) in [5.41, 5.74) is 0.834. The fourth-order valence-corrected chi connectivity index (χ4v) is 1.19. The highest BCUT2D eigenvalue weighted by molar-refractivity contribution is 5.83. The lowest BCUT2D eigenvalue weighted by Crippen LogP contribution is -2.16. The molecule has 2 rings (SSSR count). The lowest BCUT2D eigenvalue weighted by atomic mass is 10.3. The van der Waals surface area contributed by atoms with Crippen molar-refractivity contribution in [2.24, 2.45) is 10.3 Å². The molecule has 0 unspecified atom stereocenters. The Morgan fingerprint density at radius 2 is 2.07 bits per heavy atom. The zero-order valence-corrected chi connectivity index (χ0v) is 7.67. The van der Waals surface area contributed by atoms with Gasteiger partial charge in [0.25, 0.3) is 5.91 Å². The monoisotopic (exact) mass is 191 g/mol. The average molecular weight is 191 g/mol. The van der Waals surface area contributed by atoms with Crippen LogP contribution in [0, 0.1) is 0 Å². The normalized spacial score (nSPS) is 14.9. The van der Waals surface area contributed by atoms with Gasteiger partial charge in [-0.05, 0) is 24.3 Å². The van der Waals surface area contributed by atoms with Crippen LogP contribution in [0.2, 0.25) is 0 Å². The van der Waals surface area contributed by atoms with Crippen molar-refractivity contribution >= 4 is 11.6 Å². The van der Waals surface area contributed by atoms with Crippen LogP contribution in [0.4, 0.5) is 5.69 Å². The molecule has 1 aliphatic rings. The minimum absolute atomic E-state index is 0.215. The molecule has 0 aliphatic carbocycles. The zero-order chi connectivity index (χ0) is 9.97. The number of hydrogen-bond acceptors (Lipinski definition) is 4. The van der Waals surface area contributed by atoms with Crippen molar-refractivity contribution in [1.29, 1.82) is 0 Å². The molecule has 1 heterocycles. The average Bonchev–Trinajstić information content (AvgIpc) is 2.65. The number of nitrogens with zero attached hydrogens (tertiary/aromatic N) is 3. The number of carbonyl (C=O) groups is 1. The maximum absolute atomic E-state index is 10.8. The van der Waals surface area contributed by atoms with Crippen LogP contribution in [0.1, 0.15) is 0 Å². The Kier molecular flexibility index (Phi) is 2.14. The van der Waals surface area contributed by atoms with E-state index >= 15 is 0 Å². The van der Waals surface area contributed by atoms with Gasteiger partial charge in [0.15, 0.2) is 0 Å². The highest BCUT2D eigenvalue weighted by Gasteiger charge is 2.16. The lowest BCUT2D eigenvalue weighted by Gasteiger charge is -2.10. The molecule has 1 amide bonds. The third kappa shape index (κ3) is 1.56. The van der Waals surface area contributed by atoms with Gasteiger partial charge in [-0.15, -0.1) is 0 Å². The van der Waals surface area contributed by atoms with E-state index in [0.717, 1.165) is 11.4 Å². The van der Waals surface area contributed by atoms with Crippen LogP contribution in [0.25, 0.3) is 0 Å². The molecule has 0 bridgehead atoms. The Morgan fingerprint density at radius 1 is 1.36 bits per heavy atom. The van der Waals surface area contributed by atoms with E-state index in [1.807, 2.05) is 24.3 Å². The van der Waals surface area contributed by atoms with Gasteiger partial charge < -0.3 is 4.74 Å². The van der Waals surface area contributed by atoms with E-state index in [-0.39, 0.29) is 12.5 Å². The summed E-state index contributed by atoms with van der Waals surface area (Å²) < 4.78 is 5.01. The summed E-state index contributed by atoms with van der Waals surface area (Å²) in [5, 5.41) is 8.67. The van der Waals surface area contributed by atoms with Crippen LogP contribution in [0.3, 0.4) is 0 Å². The van der Waals surface area contributed by atoms with Gasteiger partial charge in [0.05, 0.1) is 12.8 Å². The van der Waals surface area contributed by atoms with Gasteiger partial charge in [-0.3, -0.25) is 4.79 Å². The minimum atomic E-state index is -0.221. The number of amides is 1. The molecular weight excluding hydrogens is 182 g/mol. The van der Waals surface area contributed by atoms with Gasteiger partial charge in [-0.1, -0.05) is 10.3 Å². The van der Waals surface area contributed by atoms with E-state index in [4.69, 9.17) is 4.74 Å². The predicted molar refractivity (Wildman–Crippen MR) is 50.2 cm³/mol. The van der Waals surface area contributed by atoms with Crippen molar-refractivity contribution in [2.75, 3.05) is 18.7 Å². The molecule has 0 radical (unpaired) electrons. The second-order valence-electron chi connectivity index (χ2n) is 2.84. The second kappa shape index (κ2) is 3.45. The first kappa shape index (κ1) is 8.68. The van der Waals surface area contributed by atoms with Gasteiger partial charge >= 0.3 is 0 Å². The number of carbonyl (C=O) groups excluding carboxylic acids is 1. The van der Waals surface area contributed by atoms with Crippen molar-refractivity contribution < 1.29 is 9.53 Å². The second-order valence-corrected chi connectivity index (χ2v) is 2.84. The van der Waals surface area contributed by atoms with Crippen molar-refractivity contribution in [3.63, 3.8) is 0 Å². The summed E-state index contributed by atoms with van der Waals surface area (Å²) in [6.07, 6.45) is 0. The van der Waals surface area contributed by atoms with Crippen molar-refractivity contribution in [3.8, 4) is 5.75 Å². The van der Waals surface area contributed by atoms with Crippen LogP contribution in [0.15, 0.2) is 34.6 Å². The summed E-state index contributed by atoms with van der Waals surface area (Å²) in [6.45, 7) is 0.215. The number of benzene rings is 1. The first-order valence-electron chi connectivity index (χ1n) is 4.15. The van der Waals surface area contributed by atoms with Crippen molar-refractivity contribution in [3.05, 3.63) is 24.3 Å². The molecule has 14 heavy (non-hydrogen) atoms. The third-order valence-electron chi connectivity index (χ3n) is 1.92. The largest absolute Gasteiger partial charge is 0.497 e. The van der Waals surface area contributed by atoms with Crippen LogP contribution < -0.4 is 9.75 Å². The van der Waals surface area contributed by atoms with Crippen molar-refractivity contribution in [1.82, 2.24) is 0 Å². The van der Waals surface area contributed by atoms with Crippen LogP contribution in [-0.2, 0) is 4.79 Å². The maximum atomic E-state index is 10.8. The molecule has 0 aromatic heterocycles. The molecule has 5 heteroatoms. The smallest absolute Gasteiger partial charge is 0.287 e. The highest BCUT2D eigenvalue weighted by Crippen LogP contribution is 2.21. The fourth-order valence-electron chi connectivity index (χ4n) is 1.19. The number of methoxy groups -OCH3 is 1. The van der Waals surface area contributed by atoms with Crippen molar-refractivity contribution in [2.45, 2.75) is 0 Å². The summed E-state index contributed by atoms with van der Waals surface area (Å²) in [7, 11) is 1.61. The zero-order valence-electron chi connectivity index (χ0n) is 7.67. The molecule has 1 aliphatic heterocycles. The maximum Gasteiger partial charge on any atom is 0.287 e. The molecule has 0 spiro atoms.